The molecule has 2 N–H and O–H groups in total. The summed E-state index contributed by atoms with van der Waals surface area (Å²) in [4.78, 5) is 11.6. The Kier molecular flexibility index (Phi) is 5.00. The van der Waals surface area contributed by atoms with Crippen LogP contribution in [0.1, 0.15) is 18.2 Å². The van der Waals surface area contributed by atoms with E-state index >= 15 is 0 Å². The number of hydrogen-bond donors (Lipinski definition) is 2. The molecule has 5 nitrogen and oxygen atoms in total. The Labute approximate surface area is 123 Å². The van der Waals surface area contributed by atoms with E-state index in [1.165, 1.54) is 0 Å². The van der Waals surface area contributed by atoms with Gasteiger partial charge in [-0.15, -0.1) is 0 Å². The minimum absolute atomic E-state index is 0.0846. The number of furan rings is 1. The summed E-state index contributed by atoms with van der Waals surface area (Å²) in [6.07, 6.45) is 1.31. The highest BCUT2D eigenvalue weighted by Gasteiger charge is 2.23. The molecule has 112 valence electrons. The SMILES string of the molecule is CC(O)(CNC(=O)OCc1ccccc1)Cc1ccco1. The molecule has 2 aromatic rings. The van der Waals surface area contributed by atoms with Crippen molar-refractivity contribution >= 4 is 6.09 Å². The Morgan fingerprint density at radius 3 is 2.71 bits per heavy atom. The van der Waals surface area contributed by atoms with Crippen molar-refractivity contribution in [1.82, 2.24) is 5.32 Å². The average molecular weight is 289 g/mol. The first-order chi connectivity index (χ1) is 10.1. The number of carbonyl (C=O) groups excluding carboxylic acids is 1. The van der Waals surface area contributed by atoms with Gasteiger partial charge in [-0.2, -0.15) is 0 Å². The Morgan fingerprint density at radius 2 is 2.05 bits per heavy atom. The average Bonchev–Trinajstić information content (AvgIpc) is 2.96. The van der Waals surface area contributed by atoms with Crippen LogP contribution in [-0.2, 0) is 17.8 Å². The number of carbonyl (C=O) groups is 1. The molecule has 1 aromatic heterocycles. The molecule has 0 saturated heterocycles. The normalized spacial score (nSPS) is 13.4. The van der Waals surface area contributed by atoms with E-state index in [2.05, 4.69) is 5.32 Å². The highest BCUT2D eigenvalue weighted by atomic mass is 16.5. The number of aliphatic hydroxyl groups is 1. The topological polar surface area (TPSA) is 71.7 Å². The van der Waals surface area contributed by atoms with Crippen molar-refractivity contribution in [2.75, 3.05) is 6.54 Å². The van der Waals surface area contributed by atoms with Crippen molar-refractivity contribution in [2.24, 2.45) is 0 Å². The molecule has 0 radical (unpaired) electrons. The van der Waals surface area contributed by atoms with Crippen molar-refractivity contribution in [3.05, 3.63) is 60.1 Å². The van der Waals surface area contributed by atoms with Crippen molar-refractivity contribution < 1.29 is 19.1 Å². The van der Waals surface area contributed by atoms with Crippen LogP contribution in [-0.4, -0.2) is 23.3 Å². The van der Waals surface area contributed by atoms with E-state index in [1.54, 1.807) is 25.3 Å². The van der Waals surface area contributed by atoms with E-state index in [-0.39, 0.29) is 13.2 Å². The van der Waals surface area contributed by atoms with Crippen molar-refractivity contribution in [1.29, 1.82) is 0 Å². The first-order valence-corrected chi connectivity index (χ1v) is 6.74. The highest BCUT2D eigenvalue weighted by molar-refractivity contribution is 5.67. The molecule has 5 heteroatoms. The minimum Gasteiger partial charge on any atom is -0.469 e. The summed E-state index contributed by atoms with van der Waals surface area (Å²) in [5.74, 6) is 0.666. The zero-order valence-electron chi connectivity index (χ0n) is 11.9. The number of benzene rings is 1. The van der Waals surface area contributed by atoms with E-state index in [0.29, 0.717) is 12.2 Å². The van der Waals surface area contributed by atoms with Crippen LogP contribution in [0.3, 0.4) is 0 Å². The van der Waals surface area contributed by atoms with E-state index in [4.69, 9.17) is 9.15 Å². The molecule has 1 amide bonds. The zero-order valence-corrected chi connectivity index (χ0v) is 11.9. The maximum atomic E-state index is 11.6. The lowest BCUT2D eigenvalue weighted by molar-refractivity contribution is 0.0512. The van der Waals surface area contributed by atoms with Gasteiger partial charge in [-0.05, 0) is 24.6 Å². The maximum Gasteiger partial charge on any atom is 0.407 e. The van der Waals surface area contributed by atoms with Gasteiger partial charge in [0.2, 0.25) is 0 Å². The Hall–Kier alpha value is -2.27. The molecule has 0 aliphatic heterocycles. The molecule has 1 aromatic carbocycles. The lowest BCUT2D eigenvalue weighted by Gasteiger charge is -2.22. The Morgan fingerprint density at radius 1 is 1.29 bits per heavy atom. The molecule has 1 unspecified atom stereocenters. The molecule has 0 saturated carbocycles. The van der Waals surface area contributed by atoms with Crippen LogP contribution in [0.2, 0.25) is 0 Å². The largest absolute Gasteiger partial charge is 0.469 e. The van der Waals surface area contributed by atoms with E-state index < -0.39 is 11.7 Å². The number of amides is 1. The second kappa shape index (κ2) is 6.95. The molecule has 1 atom stereocenters. The summed E-state index contributed by atoms with van der Waals surface area (Å²) in [7, 11) is 0. The Balaban J connectivity index is 1.73. The van der Waals surface area contributed by atoms with Crippen LogP contribution in [0.4, 0.5) is 4.79 Å². The number of hydrogen-bond acceptors (Lipinski definition) is 4. The van der Waals surface area contributed by atoms with Crippen LogP contribution in [0.5, 0.6) is 0 Å². The molecule has 1 heterocycles. The molecule has 0 spiro atoms. The fourth-order valence-electron chi connectivity index (χ4n) is 1.89. The smallest absolute Gasteiger partial charge is 0.407 e. The van der Waals surface area contributed by atoms with Crippen LogP contribution in [0, 0.1) is 0 Å². The monoisotopic (exact) mass is 289 g/mol. The van der Waals surface area contributed by atoms with Crippen LogP contribution in [0.25, 0.3) is 0 Å². The summed E-state index contributed by atoms with van der Waals surface area (Å²) in [6.45, 7) is 1.92. The molecule has 0 aliphatic carbocycles. The lowest BCUT2D eigenvalue weighted by Crippen LogP contribution is -2.42. The molecular weight excluding hydrogens is 270 g/mol. The van der Waals surface area contributed by atoms with Gasteiger partial charge in [-0.1, -0.05) is 30.3 Å². The molecule has 2 rings (SSSR count). The highest BCUT2D eigenvalue weighted by Crippen LogP contribution is 2.12. The van der Waals surface area contributed by atoms with Gasteiger partial charge in [0.05, 0.1) is 11.9 Å². The van der Waals surface area contributed by atoms with Gasteiger partial charge in [0.25, 0.3) is 0 Å². The second-order valence-electron chi connectivity index (χ2n) is 5.17. The molecule has 0 bridgehead atoms. The van der Waals surface area contributed by atoms with Crippen molar-refractivity contribution in [3.63, 3.8) is 0 Å². The van der Waals surface area contributed by atoms with E-state index in [1.807, 2.05) is 30.3 Å². The van der Waals surface area contributed by atoms with Gasteiger partial charge >= 0.3 is 6.09 Å². The molecule has 0 aliphatic rings. The van der Waals surface area contributed by atoms with Crippen LogP contribution >= 0.6 is 0 Å². The molecule has 0 fully saturated rings. The van der Waals surface area contributed by atoms with Gasteiger partial charge < -0.3 is 19.6 Å². The second-order valence-corrected chi connectivity index (χ2v) is 5.17. The lowest BCUT2D eigenvalue weighted by atomic mass is 10.0. The van der Waals surface area contributed by atoms with Crippen LogP contribution < -0.4 is 5.32 Å². The Bertz CT molecular complexity index is 549. The van der Waals surface area contributed by atoms with Gasteiger partial charge in [0.1, 0.15) is 12.4 Å². The number of rotatable bonds is 6. The fourth-order valence-corrected chi connectivity index (χ4v) is 1.89. The molecular formula is C16H19NO4. The number of nitrogens with one attached hydrogen (secondary N) is 1. The van der Waals surface area contributed by atoms with Crippen molar-refractivity contribution in [2.45, 2.75) is 25.6 Å². The summed E-state index contributed by atoms with van der Waals surface area (Å²) in [6, 6.07) is 12.9. The van der Waals surface area contributed by atoms with E-state index in [9.17, 15) is 9.90 Å². The maximum absolute atomic E-state index is 11.6. The third kappa shape index (κ3) is 5.31. The first-order valence-electron chi connectivity index (χ1n) is 6.74. The fraction of sp³-hybridized carbons (Fsp3) is 0.312. The number of alkyl carbamates (subject to hydrolysis) is 1. The van der Waals surface area contributed by atoms with Gasteiger partial charge in [-0.3, -0.25) is 0 Å². The standard InChI is InChI=1S/C16H19NO4/c1-16(19,10-14-8-5-9-20-14)12-17-15(18)21-11-13-6-3-2-4-7-13/h2-9,19H,10-12H2,1H3,(H,17,18). The summed E-state index contributed by atoms with van der Waals surface area (Å²) in [5, 5.41) is 12.7. The summed E-state index contributed by atoms with van der Waals surface area (Å²) < 4.78 is 10.3. The van der Waals surface area contributed by atoms with Crippen molar-refractivity contribution in [3.8, 4) is 0 Å². The number of ether oxygens (including phenoxy) is 1. The summed E-state index contributed by atoms with van der Waals surface area (Å²) in [5.41, 5.74) is -0.182. The predicted octanol–water partition coefficient (Wildman–Crippen LogP) is 2.50. The van der Waals surface area contributed by atoms with Gasteiger partial charge in [0.15, 0.2) is 0 Å². The van der Waals surface area contributed by atoms with Crippen LogP contribution in [0.15, 0.2) is 53.1 Å². The first kappa shape index (κ1) is 15.1. The third-order valence-corrected chi connectivity index (χ3v) is 2.96. The van der Waals surface area contributed by atoms with Gasteiger partial charge in [-0.25, -0.2) is 4.79 Å². The minimum atomic E-state index is -1.09. The third-order valence-electron chi connectivity index (χ3n) is 2.96. The van der Waals surface area contributed by atoms with E-state index in [0.717, 1.165) is 5.56 Å². The van der Waals surface area contributed by atoms with Gasteiger partial charge in [0, 0.05) is 13.0 Å². The predicted molar refractivity (Wildman–Crippen MR) is 77.7 cm³/mol. The zero-order chi connectivity index (χ0) is 15.1. The molecule has 21 heavy (non-hydrogen) atoms. The quantitative estimate of drug-likeness (QED) is 0.857. The summed E-state index contributed by atoms with van der Waals surface area (Å²) >= 11 is 0.